The highest BCUT2D eigenvalue weighted by atomic mass is 16.5. The highest BCUT2D eigenvalue weighted by molar-refractivity contribution is 5.99. The van der Waals surface area contributed by atoms with Crippen LogP contribution in [-0.2, 0) is 6.54 Å². The van der Waals surface area contributed by atoms with E-state index in [2.05, 4.69) is 15.7 Å². The Morgan fingerprint density at radius 1 is 1.13 bits per heavy atom. The molecule has 0 radical (unpaired) electrons. The van der Waals surface area contributed by atoms with Crippen LogP contribution in [0.3, 0.4) is 0 Å². The number of benzene rings is 2. The van der Waals surface area contributed by atoms with E-state index in [9.17, 15) is 9.90 Å². The van der Waals surface area contributed by atoms with Crippen molar-refractivity contribution >= 4 is 17.4 Å². The Bertz CT molecular complexity index is 969. The number of ether oxygens (including phenoxy) is 1. The van der Waals surface area contributed by atoms with Crippen molar-refractivity contribution in [1.29, 1.82) is 0 Å². The molecule has 1 heterocycles. The van der Waals surface area contributed by atoms with Crippen LogP contribution in [0.5, 0.6) is 11.5 Å². The summed E-state index contributed by atoms with van der Waals surface area (Å²) in [6.45, 7) is 2.89. The van der Waals surface area contributed by atoms with Gasteiger partial charge in [-0.2, -0.15) is 5.10 Å². The van der Waals surface area contributed by atoms with Gasteiger partial charge in [-0.15, -0.1) is 0 Å². The molecule has 3 N–H and O–H groups in total. The molecule has 0 aliphatic rings. The standard InChI is InChI=1S/C22H27N5O3/c1-16-5-4-6-21(11-16)30-20-9-7-17(8-10-20)24-22(29)25-18-12-23-27(13-18)15-19(28)14-26(2)3/h4-13,19,28H,14-15H2,1-3H3,(H2,24,25,29). The average molecular weight is 409 g/mol. The summed E-state index contributed by atoms with van der Waals surface area (Å²) in [5, 5.41) is 19.6. The maximum atomic E-state index is 12.2. The van der Waals surface area contributed by atoms with Crippen molar-refractivity contribution in [3.63, 3.8) is 0 Å². The van der Waals surface area contributed by atoms with Crippen molar-refractivity contribution in [2.24, 2.45) is 0 Å². The van der Waals surface area contributed by atoms with Crippen molar-refractivity contribution in [1.82, 2.24) is 14.7 Å². The normalized spacial score (nSPS) is 11.9. The van der Waals surface area contributed by atoms with Crippen LogP contribution < -0.4 is 15.4 Å². The van der Waals surface area contributed by atoms with Crippen molar-refractivity contribution in [2.75, 3.05) is 31.3 Å². The second-order valence-corrected chi connectivity index (χ2v) is 7.39. The van der Waals surface area contributed by atoms with Gasteiger partial charge in [0.2, 0.25) is 0 Å². The molecule has 3 rings (SSSR count). The zero-order valence-electron chi connectivity index (χ0n) is 17.4. The van der Waals surface area contributed by atoms with Crippen LogP contribution in [0.25, 0.3) is 0 Å². The fourth-order valence-electron chi connectivity index (χ4n) is 2.94. The summed E-state index contributed by atoms with van der Waals surface area (Å²) in [6, 6.07) is 14.5. The van der Waals surface area contributed by atoms with Gasteiger partial charge < -0.3 is 25.4 Å². The van der Waals surface area contributed by atoms with Gasteiger partial charge in [-0.05, 0) is 63.0 Å². The Balaban J connectivity index is 1.50. The Morgan fingerprint density at radius 3 is 2.57 bits per heavy atom. The first-order valence-corrected chi connectivity index (χ1v) is 9.65. The van der Waals surface area contributed by atoms with Gasteiger partial charge in [-0.25, -0.2) is 4.79 Å². The predicted octanol–water partition coefficient (Wildman–Crippen LogP) is 3.55. The largest absolute Gasteiger partial charge is 0.457 e. The lowest BCUT2D eigenvalue weighted by atomic mass is 10.2. The second-order valence-electron chi connectivity index (χ2n) is 7.39. The first-order valence-electron chi connectivity index (χ1n) is 9.65. The van der Waals surface area contributed by atoms with Crippen LogP contribution in [-0.4, -0.2) is 52.6 Å². The minimum Gasteiger partial charge on any atom is -0.457 e. The molecule has 1 aromatic heterocycles. The Morgan fingerprint density at radius 2 is 1.87 bits per heavy atom. The number of aliphatic hydroxyl groups is 1. The number of anilines is 2. The fourth-order valence-corrected chi connectivity index (χ4v) is 2.94. The van der Waals surface area contributed by atoms with Gasteiger partial charge >= 0.3 is 6.03 Å². The van der Waals surface area contributed by atoms with Gasteiger partial charge in [0.15, 0.2) is 0 Å². The van der Waals surface area contributed by atoms with Crippen LogP contribution in [0.2, 0.25) is 0 Å². The SMILES string of the molecule is Cc1cccc(Oc2ccc(NC(=O)Nc3cnn(CC(O)CN(C)C)c3)cc2)c1. The summed E-state index contributed by atoms with van der Waals surface area (Å²) < 4.78 is 7.41. The van der Waals surface area contributed by atoms with E-state index >= 15 is 0 Å². The van der Waals surface area contributed by atoms with E-state index in [0.29, 0.717) is 30.2 Å². The van der Waals surface area contributed by atoms with Crippen LogP contribution in [0.1, 0.15) is 5.56 Å². The van der Waals surface area contributed by atoms with Gasteiger partial charge in [0, 0.05) is 18.4 Å². The quantitative estimate of drug-likeness (QED) is 0.529. The molecule has 0 bridgehead atoms. The number of carbonyl (C=O) groups is 1. The Kier molecular flexibility index (Phi) is 7.05. The second kappa shape index (κ2) is 9.91. The number of aryl methyl sites for hydroxylation is 1. The molecule has 8 heteroatoms. The number of aliphatic hydroxyl groups excluding tert-OH is 1. The van der Waals surface area contributed by atoms with E-state index in [1.54, 1.807) is 41.3 Å². The highest BCUT2D eigenvalue weighted by Gasteiger charge is 2.09. The van der Waals surface area contributed by atoms with Crippen LogP contribution in [0, 0.1) is 6.92 Å². The maximum absolute atomic E-state index is 12.2. The molecule has 0 spiro atoms. The third-order valence-electron chi connectivity index (χ3n) is 4.20. The van der Waals surface area contributed by atoms with Gasteiger partial charge in [0.1, 0.15) is 11.5 Å². The van der Waals surface area contributed by atoms with Gasteiger partial charge in [0.25, 0.3) is 0 Å². The Labute approximate surface area is 176 Å². The van der Waals surface area contributed by atoms with Crippen LogP contribution in [0.15, 0.2) is 60.9 Å². The maximum Gasteiger partial charge on any atom is 0.323 e. The number of likely N-dealkylation sites (N-methyl/N-ethyl adjacent to an activating group) is 1. The molecular formula is C22H27N5O3. The van der Waals surface area contributed by atoms with E-state index in [1.165, 1.54) is 0 Å². The van der Waals surface area contributed by atoms with Crippen molar-refractivity contribution in [2.45, 2.75) is 19.6 Å². The molecule has 8 nitrogen and oxygen atoms in total. The highest BCUT2D eigenvalue weighted by Crippen LogP contribution is 2.23. The minimum absolute atomic E-state index is 0.351. The lowest BCUT2D eigenvalue weighted by molar-refractivity contribution is 0.116. The van der Waals surface area contributed by atoms with Gasteiger partial charge in [-0.1, -0.05) is 12.1 Å². The van der Waals surface area contributed by atoms with Crippen molar-refractivity contribution in [3.05, 3.63) is 66.5 Å². The number of nitrogens with zero attached hydrogens (tertiary/aromatic N) is 3. The lowest BCUT2D eigenvalue weighted by Gasteiger charge is -2.15. The molecule has 1 unspecified atom stereocenters. The monoisotopic (exact) mass is 409 g/mol. The molecule has 30 heavy (non-hydrogen) atoms. The topological polar surface area (TPSA) is 91.7 Å². The number of amides is 2. The van der Waals surface area contributed by atoms with E-state index in [1.807, 2.05) is 50.2 Å². The fraction of sp³-hybridized carbons (Fsp3) is 0.273. The third kappa shape index (κ3) is 6.61. The number of hydrogen-bond donors (Lipinski definition) is 3. The van der Waals surface area contributed by atoms with Crippen LogP contribution in [0.4, 0.5) is 16.2 Å². The number of aromatic nitrogens is 2. The number of urea groups is 1. The molecule has 0 saturated heterocycles. The summed E-state index contributed by atoms with van der Waals surface area (Å²) >= 11 is 0. The molecule has 2 amide bonds. The van der Waals surface area contributed by atoms with E-state index in [-0.39, 0.29) is 6.03 Å². The summed E-state index contributed by atoms with van der Waals surface area (Å²) in [7, 11) is 3.79. The smallest absolute Gasteiger partial charge is 0.323 e. The number of nitrogens with one attached hydrogen (secondary N) is 2. The van der Waals surface area contributed by atoms with E-state index in [4.69, 9.17) is 4.74 Å². The third-order valence-corrected chi connectivity index (χ3v) is 4.20. The summed E-state index contributed by atoms with van der Waals surface area (Å²) in [5.74, 6) is 1.45. The molecule has 0 fully saturated rings. The van der Waals surface area contributed by atoms with Crippen LogP contribution >= 0.6 is 0 Å². The molecule has 0 aliphatic heterocycles. The zero-order valence-corrected chi connectivity index (χ0v) is 17.4. The summed E-state index contributed by atoms with van der Waals surface area (Å²) in [4.78, 5) is 14.1. The predicted molar refractivity (Wildman–Crippen MR) is 117 cm³/mol. The van der Waals surface area contributed by atoms with E-state index < -0.39 is 6.10 Å². The van der Waals surface area contributed by atoms with Crippen molar-refractivity contribution in [3.8, 4) is 11.5 Å². The molecule has 0 saturated carbocycles. The first-order chi connectivity index (χ1) is 14.4. The van der Waals surface area contributed by atoms with Gasteiger partial charge in [0.05, 0.1) is 24.5 Å². The first kappa shape index (κ1) is 21.4. The minimum atomic E-state index is -0.540. The molecular weight excluding hydrogens is 382 g/mol. The number of hydrogen-bond acceptors (Lipinski definition) is 5. The lowest BCUT2D eigenvalue weighted by Crippen LogP contribution is -2.29. The average Bonchev–Trinajstić information content (AvgIpc) is 3.09. The molecule has 0 aliphatic carbocycles. The van der Waals surface area contributed by atoms with Crippen molar-refractivity contribution < 1.29 is 14.6 Å². The number of carbonyl (C=O) groups excluding carboxylic acids is 1. The number of rotatable bonds is 8. The summed E-state index contributed by atoms with van der Waals surface area (Å²) in [6.07, 6.45) is 2.68. The zero-order chi connectivity index (χ0) is 21.5. The molecule has 3 aromatic rings. The molecule has 1 atom stereocenters. The summed E-state index contributed by atoms with van der Waals surface area (Å²) in [5.41, 5.74) is 2.31. The van der Waals surface area contributed by atoms with Gasteiger partial charge in [-0.3, -0.25) is 4.68 Å². The Hall–Kier alpha value is -3.36. The van der Waals surface area contributed by atoms with E-state index in [0.717, 1.165) is 11.3 Å². The molecule has 2 aromatic carbocycles. The molecule has 158 valence electrons.